The van der Waals surface area contributed by atoms with Gasteiger partial charge in [0.1, 0.15) is 17.1 Å². The number of phenols is 1. The molecule has 3 aromatic rings. The Labute approximate surface area is 135 Å². The molecule has 1 aromatic heterocycles. The van der Waals surface area contributed by atoms with E-state index in [0.717, 1.165) is 39.8 Å². The smallest absolute Gasteiger partial charge is 0.229 e. The number of hydrogen-bond donors (Lipinski definition) is 1. The van der Waals surface area contributed by atoms with Gasteiger partial charge in [-0.3, -0.25) is 0 Å². The lowest BCUT2D eigenvalue weighted by Gasteiger charge is -2.32. The van der Waals surface area contributed by atoms with Crippen LogP contribution in [0.4, 0.5) is 5.69 Å². The fraction of sp³-hybridized carbons (Fsp3) is 0.250. The monoisotopic (exact) mass is 303 g/mol. The lowest BCUT2D eigenvalue weighted by molar-refractivity contribution is 0.464. The molecule has 1 heterocycles. The zero-order valence-electron chi connectivity index (χ0n) is 13.4. The van der Waals surface area contributed by atoms with Crippen LogP contribution in [-0.4, -0.2) is 5.11 Å². The number of phenolic OH excluding ortho intramolecular Hbond substituents is 1. The number of rotatable bonds is 0. The van der Waals surface area contributed by atoms with Crippen molar-refractivity contribution in [3.05, 3.63) is 58.4 Å². The molecule has 3 nitrogen and oxygen atoms in total. The van der Waals surface area contributed by atoms with Gasteiger partial charge in [-0.15, -0.1) is 0 Å². The van der Waals surface area contributed by atoms with E-state index in [9.17, 15) is 5.11 Å². The first-order valence-corrected chi connectivity index (χ1v) is 7.68. The van der Waals surface area contributed by atoms with Gasteiger partial charge >= 0.3 is 0 Å². The van der Waals surface area contributed by atoms with Crippen LogP contribution < -0.4 is 0 Å². The molecule has 0 bridgehead atoms. The number of furan rings is 1. The van der Waals surface area contributed by atoms with E-state index >= 15 is 0 Å². The third-order valence-corrected chi connectivity index (χ3v) is 4.73. The summed E-state index contributed by atoms with van der Waals surface area (Å²) in [7, 11) is 0. The van der Waals surface area contributed by atoms with Crippen molar-refractivity contribution in [2.75, 3.05) is 0 Å². The van der Waals surface area contributed by atoms with E-state index in [1.165, 1.54) is 0 Å². The second-order valence-electron chi connectivity index (χ2n) is 6.97. The second-order valence-corrected chi connectivity index (χ2v) is 6.97. The normalized spacial score (nSPS) is 15.0. The molecule has 0 atom stereocenters. The van der Waals surface area contributed by atoms with Gasteiger partial charge in [0.25, 0.3) is 0 Å². The summed E-state index contributed by atoms with van der Waals surface area (Å²) in [5.41, 5.74) is 5.47. The first-order valence-electron chi connectivity index (χ1n) is 7.68. The average molecular weight is 303 g/mol. The van der Waals surface area contributed by atoms with Gasteiger partial charge in [0, 0.05) is 16.5 Å². The molecule has 0 saturated heterocycles. The molecular weight excluding hydrogens is 286 g/mol. The Morgan fingerprint density at radius 1 is 1.22 bits per heavy atom. The fourth-order valence-corrected chi connectivity index (χ4v) is 3.67. The highest BCUT2D eigenvalue weighted by atomic mass is 16.3. The molecule has 0 amide bonds. The summed E-state index contributed by atoms with van der Waals surface area (Å²) in [6.45, 7) is 13.8. The Morgan fingerprint density at radius 3 is 2.74 bits per heavy atom. The van der Waals surface area contributed by atoms with Crippen molar-refractivity contribution in [2.24, 2.45) is 0 Å². The first kappa shape index (κ1) is 13.9. The Balaban J connectivity index is 2.13. The van der Waals surface area contributed by atoms with Crippen molar-refractivity contribution in [3.63, 3.8) is 0 Å². The summed E-state index contributed by atoms with van der Waals surface area (Å²) in [5, 5.41) is 10.9. The van der Waals surface area contributed by atoms with Crippen LogP contribution in [0.2, 0.25) is 0 Å². The van der Waals surface area contributed by atoms with E-state index in [0.29, 0.717) is 11.3 Å². The lowest BCUT2D eigenvalue weighted by Crippen LogP contribution is -2.24. The number of benzene rings is 2. The highest BCUT2D eigenvalue weighted by Crippen LogP contribution is 2.49. The van der Waals surface area contributed by atoms with Crippen molar-refractivity contribution in [1.29, 1.82) is 0 Å². The molecule has 0 aliphatic heterocycles. The van der Waals surface area contributed by atoms with Gasteiger partial charge in [-0.2, -0.15) is 0 Å². The summed E-state index contributed by atoms with van der Waals surface area (Å²) in [4.78, 5) is 3.63. The minimum absolute atomic E-state index is 0.0973. The van der Waals surface area contributed by atoms with E-state index in [2.05, 4.69) is 24.8 Å². The Hall–Kier alpha value is -2.73. The molecule has 4 rings (SSSR count). The highest BCUT2D eigenvalue weighted by Gasteiger charge is 2.35. The van der Waals surface area contributed by atoms with Crippen molar-refractivity contribution < 1.29 is 9.52 Å². The zero-order valence-corrected chi connectivity index (χ0v) is 13.4. The molecular formula is C20H17NO2. The molecule has 0 radical (unpaired) electrons. The molecule has 23 heavy (non-hydrogen) atoms. The van der Waals surface area contributed by atoms with Crippen molar-refractivity contribution in [1.82, 2.24) is 0 Å². The van der Waals surface area contributed by atoms with E-state index in [1.54, 1.807) is 6.07 Å². The van der Waals surface area contributed by atoms with E-state index in [-0.39, 0.29) is 11.2 Å². The summed E-state index contributed by atoms with van der Waals surface area (Å²) >= 11 is 0. The van der Waals surface area contributed by atoms with Crippen molar-refractivity contribution in [3.8, 4) is 17.1 Å². The predicted molar refractivity (Wildman–Crippen MR) is 91.0 cm³/mol. The maximum atomic E-state index is 9.86. The predicted octanol–water partition coefficient (Wildman–Crippen LogP) is 5.50. The summed E-state index contributed by atoms with van der Waals surface area (Å²) in [6, 6.07) is 9.41. The van der Waals surface area contributed by atoms with Crippen LogP contribution in [-0.2, 0) is 11.8 Å². The standard InChI is InChI=1S/C20H17NO2/c1-11-7-14-15-10-20(2,3)16-9-12(22)5-6-13(16)18(15)23-19(14)17(8-11)21-4/h5-9,22H,10H2,1-3H3. The summed E-state index contributed by atoms with van der Waals surface area (Å²) in [5.74, 6) is 1.11. The second kappa shape index (κ2) is 4.39. The van der Waals surface area contributed by atoms with Gasteiger partial charge < -0.3 is 9.52 Å². The third kappa shape index (κ3) is 1.88. The Morgan fingerprint density at radius 2 is 2.00 bits per heavy atom. The molecule has 1 N–H and O–H groups in total. The fourth-order valence-electron chi connectivity index (χ4n) is 3.67. The van der Waals surface area contributed by atoms with Gasteiger partial charge in [0.15, 0.2) is 0 Å². The molecule has 3 heteroatoms. The maximum Gasteiger partial charge on any atom is 0.229 e. The molecule has 0 saturated carbocycles. The first-order chi connectivity index (χ1) is 10.9. The summed E-state index contributed by atoms with van der Waals surface area (Å²) in [6.07, 6.45) is 0.826. The van der Waals surface area contributed by atoms with Gasteiger partial charge in [0.05, 0.1) is 6.57 Å². The lowest BCUT2D eigenvalue weighted by atomic mass is 9.71. The van der Waals surface area contributed by atoms with Gasteiger partial charge in [-0.1, -0.05) is 25.5 Å². The molecule has 0 unspecified atom stereocenters. The van der Waals surface area contributed by atoms with Gasteiger partial charge in [-0.25, -0.2) is 4.85 Å². The highest BCUT2D eigenvalue weighted by molar-refractivity contribution is 5.97. The van der Waals surface area contributed by atoms with Crippen LogP contribution in [0.5, 0.6) is 5.75 Å². The minimum atomic E-state index is -0.0973. The SMILES string of the molecule is [C-]#[N+]c1cc(C)cc2c3c(oc12)-c1ccc(O)cc1C(C)(C)C3. The molecule has 114 valence electrons. The average Bonchev–Trinajstić information content (AvgIpc) is 2.84. The van der Waals surface area contributed by atoms with Crippen LogP contribution in [0.15, 0.2) is 34.7 Å². The number of aromatic hydroxyl groups is 1. The topological polar surface area (TPSA) is 37.7 Å². The van der Waals surface area contributed by atoms with E-state index < -0.39 is 0 Å². The summed E-state index contributed by atoms with van der Waals surface area (Å²) < 4.78 is 6.13. The van der Waals surface area contributed by atoms with Crippen LogP contribution in [0.3, 0.4) is 0 Å². The molecule has 1 aliphatic carbocycles. The van der Waals surface area contributed by atoms with Crippen molar-refractivity contribution in [2.45, 2.75) is 32.6 Å². The van der Waals surface area contributed by atoms with Crippen LogP contribution in [0.25, 0.3) is 27.1 Å². The van der Waals surface area contributed by atoms with E-state index in [1.807, 2.05) is 25.1 Å². The molecule has 0 spiro atoms. The van der Waals surface area contributed by atoms with E-state index in [4.69, 9.17) is 11.0 Å². The molecule has 1 aliphatic rings. The largest absolute Gasteiger partial charge is 0.508 e. The Bertz CT molecular complexity index is 1000. The minimum Gasteiger partial charge on any atom is -0.508 e. The number of hydrogen-bond acceptors (Lipinski definition) is 2. The quantitative estimate of drug-likeness (QED) is 0.557. The van der Waals surface area contributed by atoms with Crippen LogP contribution in [0.1, 0.15) is 30.5 Å². The zero-order chi connectivity index (χ0) is 16.4. The van der Waals surface area contributed by atoms with Crippen LogP contribution >= 0.6 is 0 Å². The molecule has 2 aromatic carbocycles. The third-order valence-electron chi connectivity index (χ3n) is 4.73. The molecule has 0 fully saturated rings. The number of aryl methyl sites for hydroxylation is 1. The Kier molecular flexibility index (Phi) is 2.65. The maximum absolute atomic E-state index is 9.86. The van der Waals surface area contributed by atoms with Crippen LogP contribution in [0, 0.1) is 13.5 Å². The van der Waals surface area contributed by atoms with Gasteiger partial charge in [-0.05, 0) is 48.6 Å². The number of fused-ring (bicyclic) bond motifs is 5. The number of nitrogens with zero attached hydrogens (tertiary/aromatic N) is 1. The van der Waals surface area contributed by atoms with Gasteiger partial charge in [0.2, 0.25) is 5.69 Å². The van der Waals surface area contributed by atoms with Crippen molar-refractivity contribution >= 4 is 16.7 Å².